The van der Waals surface area contributed by atoms with Crippen LogP contribution < -0.4 is 0 Å². The van der Waals surface area contributed by atoms with Gasteiger partial charge in [-0.2, -0.15) is 0 Å². The predicted molar refractivity (Wildman–Crippen MR) is 67.1 cm³/mol. The molecule has 0 rings (SSSR count). The van der Waals surface area contributed by atoms with Crippen molar-refractivity contribution < 1.29 is 4.43 Å². The first-order valence-corrected chi connectivity index (χ1v) is 8.28. The summed E-state index contributed by atoms with van der Waals surface area (Å²) in [7, 11) is -1.55. The molecule has 0 saturated carbocycles. The van der Waals surface area contributed by atoms with E-state index >= 15 is 0 Å². The van der Waals surface area contributed by atoms with Crippen LogP contribution in [0.15, 0.2) is 12.2 Å². The van der Waals surface area contributed by atoms with E-state index in [0.717, 1.165) is 6.61 Å². The van der Waals surface area contributed by atoms with Crippen LogP contribution in [-0.4, -0.2) is 14.9 Å². The Hall–Kier alpha value is -0.0831. The lowest BCUT2D eigenvalue weighted by Gasteiger charge is -2.37. The van der Waals surface area contributed by atoms with E-state index in [1.165, 1.54) is 5.57 Å². The Balaban J connectivity index is 4.20. The van der Waals surface area contributed by atoms with Crippen molar-refractivity contribution in [1.82, 2.24) is 0 Å². The Morgan fingerprint density at radius 1 is 1.36 bits per heavy atom. The SMILES string of the molecule is C=C(C)[C@@H](C)CO[Si](C)(C)C(C)(C)C. The first-order valence-electron chi connectivity index (χ1n) is 5.37. The topological polar surface area (TPSA) is 9.23 Å². The van der Waals surface area contributed by atoms with Gasteiger partial charge in [-0.15, -0.1) is 0 Å². The standard InChI is InChI=1S/C12H26OSi/c1-10(2)11(3)9-13-14(7,8)12(4,5)6/h11H,1,9H2,2-8H3/t11-/m0/s1. The molecule has 0 amide bonds. The highest BCUT2D eigenvalue weighted by Crippen LogP contribution is 2.36. The molecule has 0 fully saturated rings. The number of hydrogen-bond donors (Lipinski definition) is 0. The van der Waals surface area contributed by atoms with Crippen LogP contribution in [0.3, 0.4) is 0 Å². The molecule has 0 bridgehead atoms. The smallest absolute Gasteiger partial charge is 0.192 e. The fraction of sp³-hybridized carbons (Fsp3) is 0.833. The number of rotatable bonds is 4. The van der Waals surface area contributed by atoms with Gasteiger partial charge in [0.05, 0.1) is 0 Å². The van der Waals surface area contributed by atoms with Crippen molar-refractivity contribution in [3.63, 3.8) is 0 Å². The van der Waals surface area contributed by atoms with E-state index in [0.29, 0.717) is 11.0 Å². The molecule has 0 aromatic rings. The number of hydrogen-bond acceptors (Lipinski definition) is 1. The second-order valence-corrected chi connectivity index (χ2v) is 10.6. The molecule has 2 heteroatoms. The second kappa shape index (κ2) is 4.62. The Labute approximate surface area is 90.7 Å². The van der Waals surface area contributed by atoms with Crippen molar-refractivity contribution >= 4 is 8.32 Å². The third kappa shape index (κ3) is 3.97. The minimum Gasteiger partial charge on any atom is -0.416 e. The van der Waals surface area contributed by atoms with E-state index in [9.17, 15) is 0 Å². The van der Waals surface area contributed by atoms with Crippen molar-refractivity contribution in [3.8, 4) is 0 Å². The first-order chi connectivity index (χ1) is 6.08. The third-order valence-electron chi connectivity index (χ3n) is 3.34. The van der Waals surface area contributed by atoms with Crippen LogP contribution in [0.5, 0.6) is 0 Å². The van der Waals surface area contributed by atoms with E-state index in [1.54, 1.807) is 0 Å². The molecule has 0 spiro atoms. The quantitative estimate of drug-likeness (QED) is 0.503. The summed E-state index contributed by atoms with van der Waals surface area (Å²) in [5, 5.41) is 0.307. The van der Waals surface area contributed by atoms with Crippen molar-refractivity contribution in [2.45, 2.75) is 52.8 Å². The molecule has 0 heterocycles. The second-order valence-electron chi connectivity index (χ2n) is 5.82. The average molecular weight is 214 g/mol. The van der Waals surface area contributed by atoms with Crippen LogP contribution >= 0.6 is 0 Å². The van der Waals surface area contributed by atoms with E-state index < -0.39 is 8.32 Å². The molecule has 0 aliphatic rings. The Bertz CT molecular complexity index is 201. The molecule has 84 valence electrons. The van der Waals surface area contributed by atoms with Crippen molar-refractivity contribution in [1.29, 1.82) is 0 Å². The summed E-state index contributed by atoms with van der Waals surface area (Å²) in [5.74, 6) is 0.476. The van der Waals surface area contributed by atoms with Gasteiger partial charge in [-0.3, -0.25) is 0 Å². The third-order valence-corrected chi connectivity index (χ3v) is 7.84. The molecular weight excluding hydrogens is 188 g/mol. The van der Waals surface area contributed by atoms with Crippen LogP contribution in [0.1, 0.15) is 34.6 Å². The molecule has 0 radical (unpaired) electrons. The van der Waals surface area contributed by atoms with E-state index in [2.05, 4.69) is 54.3 Å². The normalized spacial score (nSPS) is 15.4. The van der Waals surface area contributed by atoms with Crippen LogP contribution in [0.2, 0.25) is 18.1 Å². The highest BCUT2D eigenvalue weighted by Gasteiger charge is 2.37. The van der Waals surface area contributed by atoms with E-state index in [-0.39, 0.29) is 0 Å². The highest BCUT2D eigenvalue weighted by molar-refractivity contribution is 6.74. The van der Waals surface area contributed by atoms with Crippen LogP contribution in [0.25, 0.3) is 0 Å². The summed E-state index contributed by atoms with van der Waals surface area (Å²) >= 11 is 0. The predicted octanol–water partition coefficient (Wildman–Crippen LogP) is 4.22. The van der Waals surface area contributed by atoms with Gasteiger partial charge < -0.3 is 4.43 Å². The van der Waals surface area contributed by atoms with E-state index in [4.69, 9.17) is 4.43 Å². The fourth-order valence-corrected chi connectivity index (χ4v) is 1.79. The lowest BCUT2D eigenvalue weighted by Crippen LogP contribution is -2.41. The van der Waals surface area contributed by atoms with Crippen LogP contribution in [0.4, 0.5) is 0 Å². The van der Waals surface area contributed by atoms with Crippen molar-refractivity contribution in [3.05, 3.63) is 12.2 Å². The van der Waals surface area contributed by atoms with Gasteiger partial charge in [0, 0.05) is 6.61 Å². The van der Waals surface area contributed by atoms with Crippen molar-refractivity contribution in [2.24, 2.45) is 5.92 Å². The minimum absolute atomic E-state index is 0.307. The van der Waals surface area contributed by atoms with Gasteiger partial charge in [0.15, 0.2) is 8.32 Å². The van der Waals surface area contributed by atoms with Gasteiger partial charge >= 0.3 is 0 Å². The van der Waals surface area contributed by atoms with Gasteiger partial charge in [0.1, 0.15) is 0 Å². The molecule has 1 nitrogen and oxygen atoms in total. The van der Waals surface area contributed by atoms with Crippen molar-refractivity contribution in [2.75, 3.05) is 6.61 Å². The zero-order chi connectivity index (χ0) is 11.6. The monoisotopic (exact) mass is 214 g/mol. The first kappa shape index (κ1) is 13.9. The van der Waals surface area contributed by atoms with Gasteiger partial charge in [0.25, 0.3) is 0 Å². The molecule has 0 unspecified atom stereocenters. The molecule has 1 atom stereocenters. The van der Waals surface area contributed by atoms with Gasteiger partial charge in [-0.1, -0.05) is 39.8 Å². The maximum atomic E-state index is 6.10. The summed E-state index contributed by atoms with van der Waals surface area (Å²) < 4.78 is 6.10. The maximum absolute atomic E-state index is 6.10. The molecule has 0 aromatic heterocycles. The highest BCUT2D eigenvalue weighted by atomic mass is 28.4. The minimum atomic E-state index is -1.55. The summed E-state index contributed by atoms with van der Waals surface area (Å²) in [6.07, 6.45) is 0. The molecule has 0 saturated heterocycles. The van der Waals surface area contributed by atoms with Gasteiger partial charge in [-0.05, 0) is 31.0 Å². The molecular formula is C12H26OSi. The molecule has 0 aliphatic heterocycles. The lowest BCUT2D eigenvalue weighted by molar-refractivity contribution is 0.254. The maximum Gasteiger partial charge on any atom is 0.192 e. The molecule has 0 N–H and O–H groups in total. The van der Waals surface area contributed by atoms with Gasteiger partial charge in [0.2, 0.25) is 0 Å². The molecule has 0 aliphatic carbocycles. The average Bonchev–Trinajstić information content (AvgIpc) is 1.97. The van der Waals surface area contributed by atoms with Crippen LogP contribution in [-0.2, 0) is 4.43 Å². The molecule has 0 aromatic carbocycles. The summed E-state index contributed by atoms with van der Waals surface area (Å²) in [4.78, 5) is 0. The summed E-state index contributed by atoms with van der Waals surface area (Å²) in [6.45, 7) is 20.4. The largest absolute Gasteiger partial charge is 0.416 e. The van der Waals surface area contributed by atoms with Crippen LogP contribution in [0, 0.1) is 5.92 Å². The lowest BCUT2D eigenvalue weighted by atomic mass is 10.1. The van der Waals surface area contributed by atoms with Gasteiger partial charge in [-0.25, -0.2) is 0 Å². The fourth-order valence-electron chi connectivity index (χ4n) is 0.692. The summed E-state index contributed by atoms with van der Waals surface area (Å²) in [6, 6.07) is 0. The zero-order valence-electron chi connectivity index (χ0n) is 10.9. The Morgan fingerprint density at radius 3 is 2.07 bits per heavy atom. The van der Waals surface area contributed by atoms with E-state index in [1.807, 2.05) is 0 Å². The summed E-state index contributed by atoms with van der Waals surface area (Å²) in [5.41, 5.74) is 1.21. The Kier molecular flexibility index (Phi) is 4.60. The zero-order valence-corrected chi connectivity index (χ0v) is 11.9. The Morgan fingerprint density at radius 2 is 1.79 bits per heavy atom. The molecule has 14 heavy (non-hydrogen) atoms.